The third-order valence-electron chi connectivity index (χ3n) is 5.14. The highest BCUT2D eigenvalue weighted by molar-refractivity contribution is 6.30. The van der Waals surface area contributed by atoms with Crippen LogP contribution in [0.5, 0.6) is 5.75 Å². The van der Waals surface area contributed by atoms with Crippen molar-refractivity contribution < 1.29 is 19.2 Å². The number of halogens is 1. The van der Waals surface area contributed by atoms with E-state index >= 15 is 0 Å². The first-order chi connectivity index (χ1) is 13.9. The Balaban J connectivity index is 1.42. The van der Waals surface area contributed by atoms with E-state index in [-0.39, 0.29) is 18.4 Å². The fourth-order valence-corrected chi connectivity index (χ4v) is 3.64. The van der Waals surface area contributed by atoms with Gasteiger partial charge in [-0.25, -0.2) is 0 Å². The summed E-state index contributed by atoms with van der Waals surface area (Å²) in [7, 11) is 0. The standard InChI is InChI=1S/C22H26ClN3O3/c1-16-5-3-6-17(2)22(16)24-20(27)14-25-9-11-26(12-10-25)21(28)15-29-19-8-4-7-18(23)13-19/h3-8,13H,9-12,14-15H2,1-2H3,(H,24,27)/p+1. The predicted molar refractivity (Wildman–Crippen MR) is 114 cm³/mol. The Morgan fingerprint density at radius 2 is 1.76 bits per heavy atom. The van der Waals surface area contributed by atoms with Gasteiger partial charge < -0.3 is 19.9 Å². The fraction of sp³-hybridized carbons (Fsp3) is 0.364. The Morgan fingerprint density at radius 3 is 2.41 bits per heavy atom. The molecule has 0 aliphatic carbocycles. The zero-order valence-corrected chi connectivity index (χ0v) is 17.6. The van der Waals surface area contributed by atoms with Gasteiger partial charge in [-0.3, -0.25) is 9.59 Å². The lowest BCUT2D eigenvalue weighted by molar-refractivity contribution is -0.895. The van der Waals surface area contributed by atoms with Crippen molar-refractivity contribution in [3.63, 3.8) is 0 Å². The molecule has 1 aliphatic heterocycles. The summed E-state index contributed by atoms with van der Waals surface area (Å²) >= 11 is 5.92. The number of rotatable bonds is 6. The van der Waals surface area contributed by atoms with Crippen LogP contribution in [0.1, 0.15) is 11.1 Å². The first kappa shape index (κ1) is 21.1. The number of piperazine rings is 1. The molecule has 0 aromatic heterocycles. The van der Waals surface area contributed by atoms with Gasteiger partial charge in [0.25, 0.3) is 11.8 Å². The zero-order chi connectivity index (χ0) is 20.8. The summed E-state index contributed by atoms with van der Waals surface area (Å²) in [5.74, 6) is 0.531. The smallest absolute Gasteiger partial charge is 0.279 e. The number of nitrogens with zero attached hydrogens (tertiary/aromatic N) is 1. The van der Waals surface area contributed by atoms with E-state index in [1.165, 1.54) is 4.90 Å². The topological polar surface area (TPSA) is 63.1 Å². The van der Waals surface area contributed by atoms with Crippen molar-refractivity contribution in [2.45, 2.75) is 13.8 Å². The molecule has 1 aliphatic rings. The molecule has 0 radical (unpaired) electrons. The van der Waals surface area contributed by atoms with Crippen molar-refractivity contribution in [2.75, 3.05) is 44.6 Å². The second-order valence-electron chi connectivity index (χ2n) is 7.37. The Bertz CT molecular complexity index is 859. The molecular weight excluding hydrogens is 390 g/mol. The number of aryl methyl sites for hydroxylation is 2. The van der Waals surface area contributed by atoms with Crippen LogP contribution in [-0.2, 0) is 9.59 Å². The molecule has 6 nitrogen and oxygen atoms in total. The second-order valence-corrected chi connectivity index (χ2v) is 7.81. The van der Waals surface area contributed by atoms with Crippen molar-refractivity contribution in [2.24, 2.45) is 0 Å². The highest BCUT2D eigenvalue weighted by Gasteiger charge is 2.25. The van der Waals surface area contributed by atoms with Gasteiger partial charge in [-0.05, 0) is 43.2 Å². The highest BCUT2D eigenvalue weighted by Crippen LogP contribution is 2.19. The van der Waals surface area contributed by atoms with Gasteiger partial charge in [0.2, 0.25) is 0 Å². The molecular formula is C22H27ClN3O3+. The Labute approximate surface area is 176 Å². The number of carbonyl (C=O) groups is 2. The maximum atomic E-state index is 12.4. The molecule has 29 heavy (non-hydrogen) atoms. The summed E-state index contributed by atoms with van der Waals surface area (Å²) in [4.78, 5) is 27.8. The van der Waals surface area contributed by atoms with E-state index < -0.39 is 0 Å². The molecule has 0 atom stereocenters. The molecule has 7 heteroatoms. The molecule has 0 bridgehead atoms. The van der Waals surface area contributed by atoms with E-state index in [9.17, 15) is 9.59 Å². The van der Waals surface area contributed by atoms with Crippen molar-refractivity contribution in [1.29, 1.82) is 0 Å². The summed E-state index contributed by atoms with van der Waals surface area (Å²) in [5.41, 5.74) is 3.01. The Hall–Kier alpha value is -2.57. The molecule has 1 saturated heterocycles. The van der Waals surface area contributed by atoms with Crippen LogP contribution >= 0.6 is 11.6 Å². The first-order valence-electron chi connectivity index (χ1n) is 9.78. The van der Waals surface area contributed by atoms with E-state index in [1.54, 1.807) is 29.2 Å². The maximum Gasteiger partial charge on any atom is 0.279 e. The predicted octanol–water partition coefficient (Wildman–Crippen LogP) is 1.70. The van der Waals surface area contributed by atoms with Crippen molar-refractivity contribution >= 4 is 29.1 Å². The van der Waals surface area contributed by atoms with E-state index in [1.807, 2.05) is 32.0 Å². The third-order valence-corrected chi connectivity index (χ3v) is 5.37. The summed E-state index contributed by atoms with van der Waals surface area (Å²) in [6, 6.07) is 13.0. The van der Waals surface area contributed by atoms with Crippen LogP contribution < -0.4 is 15.0 Å². The first-order valence-corrected chi connectivity index (χ1v) is 10.2. The average molecular weight is 417 g/mol. The molecule has 2 N–H and O–H groups in total. The number of hydrogen-bond acceptors (Lipinski definition) is 3. The van der Waals surface area contributed by atoms with Gasteiger partial charge in [0.05, 0.1) is 26.2 Å². The molecule has 3 rings (SSSR count). The molecule has 0 saturated carbocycles. The molecule has 154 valence electrons. The number of para-hydroxylation sites is 1. The van der Waals surface area contributed by atoms with Crippen LogP contribution in [0.4, 0.5) is 5.69 Å². The maximum absolute atomic E-state index is 12.4. The minimum atomic E-state index is -0.0518. The Kier molecular flexibility index (Phi) is 7.12. The number of amides is 2. The lowest BCUT2D eigenvalue weighted by Crippen LogP contribution is -3.15. The molecule has 2 amide bonds. The van der Waals surface area contributed by atoms with Crippen LogP contribution in [0.25, 0.3) is 0 Å². The van der Waals surface area contributed by atoms with Crippen LogP contribution in [-0.4, -0.2) is 56.0 Å². The van der Waals surface area contributed by atoms with Crippen LogP contribution in [0.3, 0.4) is 0 Å². The summed E-state index contributed by atoms with van der Waals surface area (Å²) in [6.45, 7) is 7.08. The van der Waals surface area contributed by atoms with Crippen molar-refractivity contribution in [1.82, 2.24) is 4.90 Å². The minimum Gasteiger partial charge on any atom is -0.484 e. The number of nitrogens with one attached hydrogen (secondary N) is 2. The highest BCUT2D eigenvalue weighted by atomic mass is 35.5. The van der Waals surface area contributed by atoms with Gasteiger partial charge in [0.15, 0.2) is 13.2 Å². The lowest BCUT2D eigenvalue weighted by atomic mass is 10.1. The second kappa shape index (κ2) is 9.76. The van der Waals surface area contributed by atoms with Crippen LogP contribution in [0.2, 0.25) is 5.02 Å². The van der Waals surface area contributed by atoms with Gasteiger partial charge in [-0.2, -0.15) is 0 Å². The number of quaternary nitrogens is 1. The van der Waals surface area contributed by atoms with Gasteiger partial charge in [-0.15, -0.1) is 0 Å². The lowest BCUT2D eigenvalue weighted by Gasteiger charge is -2.31. The van der Waals surface area contributed by atoms with E-state index in [0.717, 1.165) is 29.9 Å². The molecule has 1 fully saturated rings. The summed E-state index contributed by atoms with van der Waals surface area (Å²) < 4.78 is 5.54. The number of ether oxygens (including phenoxy) is 1. The summed E-state index contributed by atoms with van der Waals surface area (Å²) in [5, 5.41) is 3.61. The molecule has 2 aromatic carbocycles. The van der Waals surface area contributed by atoms with Gasteiger partial charge in [-0.1, -0.05) is 35.9 Å². The summed E-state index contributed by atoms with van der Waals surface area (Å²) in [6.07, 6.45) is 0. The number of anilines is 1. The van der Waals surface area contributed by atoms with Gasteiger partial charge in [0.1, 0.15) is 5.75 Å². The van der Waals surface area contributed by atoms with Crippen LogP contribution in [0, 0.1) is 13.8 Å². The average Bonchev–Trinajstić information content (AvgIpc) is 2.70. The Morgan fingerprint density at radius 1 is 1.10 bits per heavy atom. The number of carbonyl (C=O) groups excluding carboxylic acids is 2. The molecule has 2 aromatic rings. The monoisotopic (exact) mass is 416 g/mol. The molecule has 0 unspecified atom stereocenters. The SMILES string of the molecule is Cc1cccc(C)c1NC(=O)C[NH+]1CCN(C(=O)COc2cccc(Cl)c2)CC1. The molecule has 1 heterocycles. The van der Waals surface area contributed by atoms with Crippen molar-refractivity contribution in [3.05, 3.63) is 58.6 Å². The molecule has 0 spiro atoms. The van der Waals surface area contributed by atoms with Gasteiger partial charge in [0, 0.05) is 10.7 Å². The van der Waals surface area contributed by atoms with Crippen molar-refractivity contribution in [3.8, 4) is 5.75 Å². The largest absolute Gasteiger partial charge is 0.484 e. The number of benzene rings is 2. The van der Waals surface area contributed by atoms with E-state index in [0.29, 0.717) is 30.4 Å². The van der Waals surface area contributed by atoms with E-state index in [2.05, 4.69) is 5.32 Å². The van der Waals surface area contributed by atoms with E-state index in [4.69, 9.17) is 16.3 Å². The minimum absolute atomic E-state index is 0.00136. The third kappa shape index (κ3) is 5.95. The normalized spacial score (nSPS) is 14.5. The van der Waals surface area contributed by atoms with Crippen LogP contribution in [0.15, 0.2) is 42.5 Å². The zero-order valence-electron chi connectivity index (χ0n) is 16.8. The quantitative estimate of drug-likeness (QED) is 0.753. The van der Waals surface area contributed by atoms with Gasteiger partial charge >= 0.3 is 0 Å². The fourth-order valence-electron chi connectivity index (χ4n) is 3.46. The number of hydrogen-bond donors (Lipinski definition) is 2.